The van der Waals surface area contributed by atoms with Gasteiger partial charge in [-0.1, -0.05) is 0 Å². The van der Waals surface area contributed by atoms with Crippen LogP contribution in [-0.4, -0.2) is 43.7 Å². The lowest BCUT2D eigenvalue weighted by atomic mass is 9.96. The van der Waals surface area contributed by atoms with E-state index in [1.54, 1.807) is 0 Å². The van der Waals surface area contributed by atoms with Gasteiger partial charge in [0, 0.05) is 19.1 Å². The van der Waals surface area contributed by atoms with Crippen LogP contribution in [0.2, 0.25) is 0 Å². The fourth-order valence-corrected chi connectivity index (χ4v) is 2.69. The van der Waals surface area contributed by atoms with Crippen molar-refractivity contribution in [3.05, 3.63) is 0 Å². The van der Waals surface area contributed by atoms with Crippen molar-refractivity contribution in [1.82, 2.24) is 10.2 Å². The highest BCUT2D eigenvalue weighted by molar-refractivity contribution is 4.78. The van der Waals surface area contributed by atoms with Crippen LogP contribution >= 0.6 is 0 Å². The quantitative estimate of drug-likeness (QED) is 0.674. The first-order valence-electron chi connectivity index (χ1n) is 6.03. The summed E-state index contributed by atoms with van der Waals surface area (Å²) in [6, 6.07) is 0.436. The molecule has 2 saturated heterocycles. The van der Waals surface area contributed by atoms with E-state index < -0.39 is 0 Å². The lowest BCUT2D eigenvalue weighted by Crippen LogP contribution is -2.45. The van der Waals surface area contributed by atoms with Crippen molar-refractivity contribution in [3.63, 3.8) is 0 Å². The first kappa shape index (κ1) is 10.4. The molecule has 0 aromatic heterocycles. The predicted octanol–water partition coefficient (Wildman–Crippen LogP) is 0.409. The molecule has 14 heavy (non-hydrogen) atoms. The van der Waals surface area contributed by atoms with Gasteiger partial charge in [0.05, 0.1) is 0 Å². The molecular weight excluding hydrogens is 174 g/mol. The third-order valence-electron chi connectivity index (χ3n) is 3.52. The van der Waals surface area contributed by atoms with Gasteiger partial charge >= 0.3 is 0 Å². The average Bonchev–Trinajstić information content (AvgIpc) is 2.19. The number of nitrogens with zero attached hydrogens (tertiary/aromatic N) is 1. The molecule has 2 heterocycles. The minimum absolute atomic E-state index is 0.436. The van der Waals surface area contributed by atoms with Crippen LogP contribution in [0.25, 0.3) is 0 Å². The van der Waals surface area contributed by atoms with E-state index in [2.05, 4.69) is 10.2 Å². The molecule has 3 heteroatoms. The highest BCUT2D eigenvalue weighted by atomic mass is 15.1. The maximum atomic E-state index is 5.98. The average molecular weight is 197 g/mol. The molecule has 3 N–H and O–H groups in total. The van der Waals surface area contributed by atoms with Gasteiger partial charge in [-0.25, -0.2) is 0 Å². The number of rotatable bonds is 2. The molecule has 0 aromatic rings. The van der Waals surface area contributed by atoms with Crippen LogP contribution in [0.3, 0.4) is 0 Å². The topological polar surface area (TPSA) is 41.3 Å². The zero-order valence-corrected chi connectivity index (χ0v) is 9.04. The van der Waals surface area contributed by atoms with Gasteiger partial charge in [-0.05, 0) is 51.2 Å². The summed E-state index contributed by atoms with van der Waals surface area (Å²) < 4.78 is 0. The van der Waals surface area contributed by atoms with Gasteiger partial charge in [0.2, 0.25) is 0 Å². The van der Waals surface area contributed by atoms with Gasteiger partial charge < -0.3 is 16.0 Å². The van der Waals surface area contributed by atoms with E-state index in [1.165, 1.54) is 51.9 Å². The van der Waals surface area contributed by atoms with Gasteiger partial charge in [-0.2, -0.15) is 0 Å². The second-order valence-corrected chi connectivity index (χ2v) is 4.86. The molecule has 0 spiro atoms. The maximum Gasteiger partial charge on any atom is 0.0168 e. The summed E-state index contributed by atoms with van der Waals surface area (Å²) in [7, 11) is 0. The van der Waals surface area contributed by atoms with Crippen LogP contribution in [0.5, 0.6) is 0 Å². The normalized spacial score (nSPS) is 31.9. The van der Waals surface area contributed by atoms with E-state index in [9.17, 15) is 0 Å². The zero-order chi connectivity index (χ0) is 9.80. The number of hydrogen-bond donors (Lipinski definition) is 2. The van der Waals surface area contributed by atoms with Crippen LogP contribution in [-0.2, 0) is 0 Å². The van der Waals surface area contributed by atoms with Crippen molar-refractivity contribution in [1.29, 1.82) is 0 Å². The van der Waals surface area contributed by atoms with Crippen molar-refractivity contribution in [2.45, 2.75) is 31.7 Å². The second-order valence-electron chi connectivity index (χ2n) is 4.86. The number of hydrogen-bond acceptors (Lipinski definition) is 3. The van der Waals surface area contributed by atoms with Crippen molar-refractivity contribution in [2.75, 3.05) is 32.7 Å². The van der Waals surface area contributed by atoms with E-state index in [0.717, 1.165) is 12.5 Å². The first-order chi connectivity index (χ1) is 6.84. The van der Waals surface area contributed by atoms with E-state index in [0.29, 0.717) is 6.04 Å². The summed E-state index contributed by atoms with van der Waals surface area (Å²) >= 11 is 0. The molecule has 0 aliphatic carbocycles. The summed E-state index contributed by atoms with van der Waals surface area (Å²) in [5.74, 6) is 0.918. The maximum absolute atomic E-state index is 5.98. The third kappa shape index (κ3) is 2.94. The largest absolute Gasteiger partial charge is 0.327 e. The summed E-state index contributed by atoms with van der Waals surface area (Å²) in [6.45, 7) is 6.12. The van der Waals surface area contributed by atoms with Crippen LogP contribution in [0.4, 0.5) is 0 Å². The van der Waals surface area contributed by atoms with Gasteiger partial charge in [0.25, 0.3) is 0 Å². The van der Waals surface area contributed by atoms with E-state index >= 15 is 0 Å². The Bertz CT molecular complexity index is 166. The minimum Gasteiger partial charge on any atom is -0.327 e. The predicted molar refractivity (Wildman–Crippen MR) is 59.2 cm³/mol. The highest BCUT2D eigenvalue weighted by Crippen LogP contribution is 2.16. The molecule has 0 saturated carbocycles. The zero-order valence-electron chi connectivity index (χ0n) is 9.04. The fourth-order valence-electron chi connectivity index (χ4n) is 2.69. The van der Waals surface area contributed by atoms with Gasteiger partial charge in [-0.3, -0.25) is 0 Å². The Kier molecular flexibility index (Phi) is 3.79. The van der Waals surface area contributed by atoms with Gasteiger partial charge in [-0.15, -0.1) is 0 Å². The lowest BCUT2D eigenvalue weighted by molar-refractivity contribution is 0.165. The SMILES string of the molecule is NC1CCCN(CC2CCNCC2)C1. The van der Waals surface area contributed by atoms with E-state index in [1.807, 2.05) is 0 Å². The summed E-state index contributed by atoms with van der Waals surface area (Å²) in [6.07, 6.45) is 5.23. The number of piperidine rings is 2. The Labute approximate surface area is 87.0 Å². The molecule has 1 atom stereocenters. The van der Waals surface area contributed by atoms with Crippen molar-refractivity contribution in [2.24, 2.45) is 11.7 Å². The molecule has 0 amide bonds. The first-order valence-corrected chi connectivity index (χ1v) is 6.03. The number of nitrogens with two attached hydrogens (primary N) is 1. The summed E-state index contributed by atoms with van der Waals surface area (Å²) in [5, 5.41) is 3.42. The molecule has 0 aromatic carbocycles. The lowest BCUT2D eigenvalue weighted by Gasteiger charge is -2.34. The van der Waals surface area contributed by atoms with Crippen LogP contribution in [0.15, 0.2) is 0 Å². The van der Waals surface area contributed by atoms with Crippen molar-refractivity contribution < 1.29 is 0 Å². The van der Waals surface area contributed by atoms with Crippen LogP contribution in [0, 0.1) is 5.92 Å². The van der Waals surface area contributed by atoms with Gasteiger partial charge in [0.1, 0.15) is 0 Å². The molecule has 0 bridgehead atoms. The monoisotopic (exact) mass is 197 g/mol. The van der Waals surface area contributed by atoms with Gasteiger partial charge in [0.15, 0.2) is 0 Å². The highest BCUT2D eigenvalue weighted by Gasteiger charge is 2.21. The Balaban J connectivity index is 1.72. The van der Waals surface area contributed by atoms with Crippen molar-refractivity contribution >= 4 is 0 Å². The molecule has 2 fully saturated rings. The Morgan fingerprint density at radius 2 is 2.00 bits per heavy atom. The van der Waals surface area contributed by atoms with Crippen molar-refractivity contribution in [3.8, 4) is 0 Å². The molecule has 0 radical (unpaired) electrons. The second kappa shape index (κ2) is 5.10. The molecule has 3 nitrogen and oxygen atoms in total. The summed E-state index contributed by atoms with van der Waals surface area (Å²) in [5.41, 5.74) is 5.98. The third-order valence-corrected chi connectivity index (χ3v) is 3.52. The molecule has 2 rings (SSSR count). The standard InChI is InChI=1S/C11H23N3/c12-11-2-1-7-14(9-11)8-10-3-5-13-6-4-10/h10-11,13H,1-9,12H2. The summed E-state index contributed by atoms with van der Waals surface area (Å²) in [4.78, 5) is 2.57. The fraction of sp³-hybridized carbons (Fsp3) is 1.00. The Morgan fingerprint density at radius 3 is 2.71 bits per heavy atom. The van der Waals surface area contributed by atoms with E-state index in [4.69, 9.17) is 5.73 Å². The Morgan fingerprint density at radius 1 is 1.21 bits per heavy atom. The molecule has 2 aliphatic rings. The number of likely N-dealkylation sites (tertiary alicyclic amines) is 1. The van der Waals surface area contributed by atoms with E-state index in [-0.39, 0.29) is 0 Å². The number of nitrogens with one attached hydrogen (secondary N) is 1. The smallest absolute Gasteiger partial charge is 0.0168 e. The Hall–Kier alpha value is -0.120. The molecule has 82 valence electrons. The minimum atomic E-state index is 0.436. The molecule has 2 aliphatic heterocycles. The van der Waals surface area contributed by atoms with Crippen LogP contribution < -0.4 is 11.1 Å². The molecular formula is C11H23N3. The van der Waals surface area contributed by atoms with Crippen LogP contribution in [0.1, 0.15) is 25.7 Å². The molecule has 1 unspecified atom stereocenters.